The highest BCUT2D eigenvalue weighted by Gasteiger charge is 2.35. The Morgan fingerprint density at radius 2 is 1.00 bits per heavy atom. The Balaban J connectivity index is 1.56. The van der Waals surface area contributed by atoms with Crippen LogP contribution in [-0.2, 0) is 0 Å². The minimum absolute atomic E-state index is 0.106. The highest BCUT2D eigenvalue weighted by Crippen LogP contribution is 2.26. The average Bonchev–Trinajstić information content (AvgIpc) is 3.29. The summed E-state index contributed by atoms with van der Waals surface area (Å²) in [4.78, 5) is 14.2. The summed E-state index contributed by atoms with van der Waals surface area (Å²) in [6.07, 6.45) is -6.34. The summed E-state index contributed by atoms with van der Waals surface area (Å²) in [6, 6.07) is 14.3. The molecule has 0 saturated carbocycles. The first kappa shape index (κ1) is 16.7. The van der Waals surface area contributed by atoms with E-state index in [0.717, 1.165) is 0 Å². The molecule has 4 atom stereocenters. The number of rotatable bonds is 5. The van der Waals surface area contributed by atoms with E-state index >= 15 is 0 Å². The molecule has 0 saturated heterocycles. The third-order valence-electron chi connectivity index (χ3n) is 4.37. The van der Waals surface area contributed by atoms with Gasteiger partial charge in [-0.25, -0.2) is 9.97 Å². The number of aliphatic hydroxyl groups excluding tert-OH is 4. The quantitative estimate of drug-likeness (QED) is 0.315. The first-order valence-electron chi connectivity index (χ1n) is 8.16. The average molecular weight is 354 g/mol. The lowest BCUT2D eigenvalue weighted by molar-refractivity contribution is -0.111. The lowest BCUT2D eigenvalue weighted by atomic mass is 10.0. The van der Waals surface area contributed by atoms with Gasteiger partial charge in [-0.05, 0) is 24.3 Å². The molecule has 134 valence electrons. The number of aliphatic hydroxyl groups is 4. The molecule has 6 N–H and O–H groups in total. The Hall–Kier alpha value is -2.78. The molecule has 0 aliphatic rings. The summed E-state index contributed by atoms with van der Waals surface area (Å²) >= 11 is 0. The summed E-state index contributed by atoms with van der Waals surface area (Å²) in [5.41, 5.74) is 2.64. The number of nitrogens with one attached hydrogen (secondary N) is 2. The number of H-pyrrole nitrogens is 2. The summed E-state index contributed by atoms with van der Waals surface area (Å²) < 4.78 is 0. The van der Waals surface area contributed by atoms with Gasteiger partial charge in [-0.3, -0.25) is 0 Å². The predicted molar refractivity (Wildman–Crippen MR) is 94.1 cm³/mol. The molecule has 0 fully saturated rings. The molecule has 8 nitrogen and oxygen atoms in total. The molecule has 0 radical (unpaired) electrons. The number of imidazole rings is 2. The third kappa shape index (κ3) is 2.85. The molecular formula is C18H18N4O4. The van der Waals surface area contributed by atoms with Crippen LogP contribution in [0.5, 0.6) is 0 Å². The maximum atomic E-state index is 10.4. The zero-order chi connectivity index (χ0) is 18.3. The molecule has 0 unspecified atom stereocenters. The molecule has 0 bridgehead atoms. The molecule has 8 heteroatoms. The number of para-hydroxylation sites is 4. The fourth-order valence-corrected chi connectivity index (χ4v) is 2.92. The van der Waals surface area contributed by atoms with E-state index in [1.807, 2.05) is 12.1 Å². The number of aromatic nitrogens is 4. The normalized spacial score (nSPS) is 16.6. The molecule has 26 heavy (non-hydrogen) atoms. The van der Waals surface area contributed by atoms with Crippen LogP contribution in [-0.4, -0.2) is 52.6 Å². The van der Waals surface area contributed by atoms with E-state index in [-0.39, 0.29) is 11.6 Å². The van der Waals surface area contributed by atoms with Crippen molar-refractivity contribution >= 4 is 22.1 Å². The Labute approximate surface area is 147 Å². The standard InChI is InChI=1S/C18H18N4O4/c23-13(15(25)17-19-9-5-1-2-6-10(9)20-17)14(24)16(26)18-21-11-7-3-4-8-12(11)22-18/h1-8,13-16,23-26H,(H,19,20)(H,21,22)/t13-,14-,15-,16+/m1/s1. The van der Waals surface area contributed by atoms with E-state index in [0.29, 0.717) is 22.1 Å². The number of fused-ring (bicyclic) bond motifs is 2. The summed E-state index contributed by atoms with van der Waals surface area (Å²) in [6.45, 7) is 0. The smallest absolute Gasteiger partial charge is 0.140 e. The molecule has 2 aromatic heterocycles. The predicted octanol–water partition coefficient (Wildman–Crippen LogP) is 0.928. The zero-order valence-electron chi connectivity index (χ0n) is 13.6. The van der Waals surface area contributed by atoms with Crippen LogP contribution in [0.25, 0.3) is 22.1 Å². The second-order valence-corrected chi connectivity index (χ2v) is 6.15. The van der Waals surface area contributed by atoms with Gasteiger partial charge in [0.15, 0.2) is 0 Å². The third-order valence-corrected chi connectivity index (χ3v) is 4.37. The zero-order valence-corrected chi connectivity index (χ0v) is 13.6. The highest BCUT2D eigenvalue weighted by atomic mass is 16.4. The summed E-state index contributed by atoms with van der Waals surface area (Å²) in [7, 11) is 0. The van der Waals surface area contributed by atoms with Crippen LogP contribution in [0.2, 0.25) is 0 Å². The number of benzene rings is 2. The van der Waals surface area contributed by atoms with Gasteiger partial charge in [0.25, 0.3) is 0 Å². The van der Waals surface area contributed by atoms with Gasteiger partial charge in [0, 0.05) is 0 Å². The van der Waals surface area contributed by atoms with Gasteiger partial charge >= 0.3 is 0 Å². The van der Waals surface area contributed by atoms with Crippen molar-refractivity contribution in [2.45, 2.75) is 24.4 Å². The SMILES string of the molecule is O[C@H]([C@@H](O)[C@@H](O)c1nc2ccccc2[nH]1)[C@H](O)c1nc2ccccc2[nH]1. The van der Waals surface area contributed by atoms with Gasteiger partial charge in [-0.15, -0.1) is 0 Å². The molecule has 0 spiro atoms. The van der Waals surface area contributed by atoms with Gasteiger partial charge in [0.1, 0.15) is 36.1 Å². The van der Waals surface area contributed by atoms with Gasteiger partial charge < -0.3 is 30.4 Å². The van der Waals surface area contributed by atoms with Crippen LogP contribution in [0, 0.1) is 0 Å². The molecule has 4 rings (SSSR count). The Kier molecular flexibility index (Phi) is 4.17. The molecule has 0 aliphatic heterocycles. The van der Waals surface area contributed by atoms with Crippen molar-refractivity contribution in [3.63, 3.8) is 0 Å². The molecular weight excluding hydrogens is 336 g/mol. The van der Waals surface area contributed by atoms with E-state index in [1.54, 1.807) is 36.4 Å². The van der Waals surface area contributed by atoms with E-state index in [4.69, 9.17) is 0 Å². The maximum absolute atomic E-state index is 10.4. The minimum atomic E-state index is -1.67. The van der Waals surface area contributed by atoms with Gasteiger partial charge in [-0.1, -0.05) is 24.3 Å². The van der Waals surface area contributed by atoms with Gasteiger partial charge in [0.2, 0.25) is 0 Å². The van der Waals surface area contributed by atoms with Crippen molar-refractivity contribution in [1.82, 2.24) is 19.9 Å². The lowest BCUT2D eigenvalue weighted by Crippen LogP contribution is -2.37. The van der Waals surface area contributed by atoms with E-state index in [9.17, 15) is 20.4 Å². The van der Waals surface area contributed by atoms with Crippen molar-refractivity contribution in [1.29, 1.82) is 0 Å². The van der Waals surface area contributed by atoms with Gasteiger partial charge in [0.05, 0.1) is 22.1 Å². The van der Waals surface area contributed by atoms with Crippen LogP contribution >= 0.6 is 0 Å². The maximum Gasteiger partial charge on any atom is 0.140 e. The lowest BCUT2D eigenvalue weighted by Gasteiger charge is -2.24. The van der Waals surface area contributed by atoms with Crippen LogP contribution < -0.4 is 0 Å². The van der Waals surface area contributed by atoms with E-state index < -0.39 is 24.4 Å². The molecule has 4 aromatic rings. The van der Waals surface area contributed by atoms with Crippen molar-refractivity contribution < 1.29 is 20.4 Å². The van der Waals surface area contributed by atoms with Crippen molar-refractivity contribution in [2.75, 3.05) is 0 Å². The second-order valence-electron chi connectivity index (χ2n) is 6.15. The van der Waals surface area contributed by atoms with Crippen LogP contribution in [0.3, 0.4) is 0 Å². The largest absolute Gasteiger partial charge is 0.387 e. The Bertz CT molecular complexity index is 894. The second kappa shape index (κ2) is 6.50. The number of aromatic amines is 2. The van der Waals surface area contributed by atoms with Crippen LogP contribution in [0.4, 0.5) is 0 Å². The molecule has 2 aromatic carbocycles. The fraction of sp³-hybridized carbons (Fsp3) is 0.222. The topological polar surface area (TPSA) is 138 Å². The van der Waals surface area contributed by atoms with Gasteiger partial charge in [-0.2, -0.15) is 0 Å². The van der Waals surface area contributed by atoms with Crippen LogP contribution in [0.1, 0.15) is 23.9 Å². The fourth-order valence-electron chi connectivity index (χ4n) is 2.92. The Morgan fingerprint density at radius 3 is 1.38 bits per heavy atom. The summed E-state index contributed by atoms with van der Waals surface area (Å²) in [5, 5.41) is 41.3. The first-order chi connectivity index (χ1) is 12.5. The minimum Gasteiger partial charge on any atom is -0.387 e. The van der Waals surface area contributed by atoms with Crippen molar-refractivity contribution in [3.05, 3.63) is 60.2 Å². The number of hydrogen-bond donors (Lipinski definition) is 6. The molecule has 0 aliphatic carbocycles. The van der Waals surface area contributed by atoms with Crippen LogP contribution in [0.15, 0.2) is 48.5 Å². The number of hydrogen-bond acceptors (Lipinski definition) is 6. The monoisotopic (exact) mass is 354 g/mol. The highest BCUT2D eigenvalue weighted by molar-refractivity contribution is 5.75. The van der Waals surface area contributed by atoms with Crippen molar-refractivity contribution in [2.24, 2.45) is 0 Å². The molecule has 2 heterocycles. The number of nitrogens with zero attached hydrogens (tertiary/aromatic N) is 2. The van der Waals surface area contributed by atoms with Crippen molar-refractivity contribution in [3.8, 4) is 0 Å². The van der Waals surface area contributed by atoms with E-state index in [1.165, 1.54) is 0 Å². The first-order valence-corrected chi connectivity index (χ1v) is 8.16. The summed E-state index contributed by atoms with van der Waals surface area (Å²) in [5.74, 6) is 0.212. The van der Waals surface area contributed by atoms with E-state index in [2.05, 4.69) is 19.9 Å². The molecule has 0 amide bonds. The Morgan fingerprint density at radius 1 is 0.615 bits per heavy atom.